The van der Waals surface area contributed by atoms with Crippen LogP contribution in [0.3, 0.4) is 0 Å². The fourth-order valence-corrected chi connectivity index (χ4v) is 1.65. The van der Waals surface area contributed by atoms with Gasteiger partial charge in [-0.3, -0.25) is 4.79 Å². The van der Waals surface area contributed by atoms with Crippen LogP contribution < -0.4 is 5.32 Å². The second kappa shape index (κ2) is 5.56. The van der Waals surface area contributed by atoms with Gasteiger partial charge in [0, 0.05) is 10.7 Å². The van der Waals surface area contributed by atoms with Crippen molar-refractivity contribution < 1.29 is 9.90 Å². The van der Waals surface area contributed by atoms with E-state index in [1.165, 1.54) is 0 Å². The van der Waals surface area contributed by atoms with Crippen molar-refractivity contribution in [1.82, 2.24) is 5.32 Å². The summed E-state index contributed by atoms with van der Waals surface area (Å²) in [5.41, 5.74) is 1.57. The van der Waals surface area contributed by atoms with Crippen molar-refractivity contribution in [2.24, 2.45) is 0 Å². The molecular formula is C12H14ClNO2. The molecule has 0 saturated carbocycles. The maximum absolute atomic E-state index is 10.7. The second-order valence-corrected chi connectivity index (χ2v) is 4.07. The van der Waals surface area contributed by atoms with Crippen LogP contribution in [0.4, 0.5) is 0 Å². The molecule has 86 valence electrons. The summed E-state index contributed by atoms with van der Waals surface area (Å²) in [7, 11) is 0. The van der Waals surface area contributed by atoms with Crippen molar-refractivity contribution in [2.45, 2.75) is 19.4 Å². The fourth-order valence-electron chi connectivity index (χ4n) is 1.45. The van der Waals surface area contributed by atoms with Crippen LogP contribution in [-0.2, 0) is 4.79 Å². The first-order chi connectivity index (χ1) is 7.49. The van der Waals surface area contributed by atoms with Gasteiger partial charge in [0.2, 0.25) is 0 Å². The summed E-state index contributed by atoms with van der Waals surface area (Å²) in [5.74, 6) is -0.862. The van der Waals surface area contributed by atoms with E-state index < -0.39 is 5.97 Å². The maximum Gasteiger partial charge on any atom is 0.305 e. The number of allylic oxidation sites excluding steroid dienone is 1. The molecule has 1 atom stereocenters. The fraction of sp³-hybridized carbons (Fsp3) is 0.250. The monoisotopic (exact) mass is 239 g/mol. The van der Waals surface area contributed by atoms with Gasteiger partial charge in [0.25, 0.3) is 0 Å². The molecule has 0 aliphatic carbocycles. The van der Waals surface area contributed by atoms with Crippen LogP contribution in [0, 0.1) is 0 Å². The zero-order chi connectivity index (χ0) is 12.1. The summed E-state index contributed by atoms with van der Waals surface area (Å²) >= 11 is 5.86. The quantitative estimate of drug-likeness (QED) is 0.831. The van der Waals surface area contributed by atoms with E-state index in [9.17, 15) is 4.79 Å². The van der Waals surface area contributed by atoms with Crippen molar-refractivity contribution >= 4 is 17.6 Å². The highest BCUT2D eigenvalue weighted by molar-refractivity contribution is 6.30. The lowest BCUT2D eigenvalue weighted by Crippen LogP contribution is -2.21. The van der Waals surface area contributed by atoms with E-state index in [1.54, 1.807) is 25.1 Å². The van der Waals surface area contributed by atoms with Gasteiger partial charge in [0.1, 0.15) is 0 Å². The maximum atomic E-state index is 10.7. The van der Waals surface area contributed by atoms with E-state index >= 15 is 0 Å². The highest BCUT2D eigenvalue weighted by Gasteiger charge is 2.15. The minimum absolute atomic E-state index is 0.00674. The lowest BCUT2D eigenvalue weighted by atomic mass is 10.0. The van der Waals surface area contributed by atoms with Gasteiger partial charge < -0.3 is 10.4 Å². The average Bonchev–Trinajstić information content (AvgIpc) is 2.15. The number of halogens is 1. The number of rotatable bonds is 5. The Bertz CT molecular complexity index is 388. The molecule has 0 fully saturated rings. The summed E-state index contributed by atoms with van der Waals surface area (Å²) in [4.78, 5) is 10.7. The van der Waals surface area contributed by atoms with Crippen molar-refractivity contribution in [3.8, 4) is 0 Å². The van der Waals surface area contributed by atoms with Crippen LogP contribution in [0.1, 0.15) is 24.9 Å². The van der Waals surface area contributed by atoms with Gasteiger partial charge in [-0.05, 0) is 24.6 Å². The minimum Gasteiger partial charge on any atom is -0.481 e. The summed E-state index contributed by atoms with van der Waals surface area (Å²) in [6, 6.07) is 6.85. The molecule has 0 spiro atoms. The Morgan fingerprint density at radius 1 is 1.62 bits per heavy atom. The van der Waals surface area contributed by atoms with Crippen LogP contribution in [0.15, 0.2) is 36.5 Å². The first kappa shape index (κ1) is 12.6. The Labute approximate surface area is 99.7 Å². The molecule has 0 bridgehead atoms. The normalized spacial score (nSPS) is 11.9. The number of benzene rings is 1. The molecule has 1 rings (SSSR count). The molecular weight excluding hydrogens is 226 g/mol. The molecule has 0 aromatic heterocycles. The summed E-state index contributed by atoms with van der Waals surface area (Å²) in [5, 5.41) is 12.4. The van der Waals surface area contributed by atoms with Gasteiger partial charge in [-0.25, -0.2) is 0 Å². The Balaban J connectivity index is 2.90. The summed E-state index contributed by atoms with van der Waals surface area (Å²) in [6.45, 7) is 5.50. The molecule has 1 aromatic carbocycles. The van der Waals surface area contributed by atoms with Gasteiger partial charge in [-0.15, -0.1) is 0 Å². The number of hydrogen-bond donors (Lipinski definition) is 2. The van der Waals surface area contributed by atoms with E-state index in [4.69, 9.17) is 16.7 Å². The van der Waals surface area contributed by atoms with Crippen molar-refractivity contribution in [3.05, 3.63) is 47.1 Å². The van der Waals surface area contributed by atoms with Gasteiger partial charge in [-0.1, -0.05) is 30.3 Å². The Morgan fingerprint density at radius 3 is 2.81 bits per heavy atom. The molecule has 1 unspecified atom stereocenters. The summed E-state index contributed by atoms with van der Waals surface area (Å²) in [6.07, 6.45) is -0.00674. The van der Waals surface area contributed by atoms with Crippen molar-refractivity contribution in [3.63, 3.8) is 0 Å². The predicted octanol–water partition coefficient (Wildman–Crippen LogP) is 2.98. The Morgan fingerprint density at radius 2 is 2.31 bits per heavy atom. The molecule has 2 N–H and O–H groups in total. The van der Waals surface area contributed by atoms with Crippen molar-refractivity contribution in [1.29, 1.82) is 0 Å². The molecule has 4 heteroatoms. The van der Waals surface area contributed by atoms with Crippen LogP contribution in [0.2, 0.25) is 5.02 Å². The standard InChI is InChI=1S/C12H14ClNO2/c1-8(2)14-11(7-12(15)16)9-4-3-5-10(13)6-9/h3-6,11,14H,1,7H2,2H3,(H,15,16). The third-order valence-corrected chi connectivity index (χ3v) is 2.29. The predicted molar refractivity (Wildman–Crippen MR) is 64.4 cm³/mol. The number of carboxylic acids is 1. The van der Waals surface area contributed by atoms with Gasteiger partial charge in [-0.2, -0.15) is 0 Å². The van der Waals surface area contributed by atoms with Crippen LogP contribution in [-0.4, -0.2) is 11.1 Å². The highest BCUT2D eigenvalue weighted by Crippen LogP contribution is 2.21. The number of hydrogen-bond acceptors (Lipinski definition) is 2. The third-order valence-electron chi connectivity index (χ3n) is 2.05. The third kappa shape index (κ3) is 3.95. The van der Waals surface area contributed by atoms with Crippen molar-refractivity contribution in [2.75, 3.05) is 0 Å². The molecule has 0 aliphatic rings. The van der Waals surface area contributed by atoms with Crippen LogP contribution >= 0.6 is 11.6 Å². The molecule has 0 radical (unpaired) electrons. The van der Waals surface area contributed by atoms with Gasteiger partial charge in [0.05, 0.1) is 12.5 Å². The summed E-state index contributed by atoms with van der Waals surface area (Å²) < 4.78 is 0. The minimum atomic E-state index is -0.862. The highest BCUT2D eigenvalue weighted by atomic mass is 35.5. The van der Waals surface area contributed by atoms with Crippen LogP contribution in [0.25, 0.3) is 0 Å². The molecule has 0 saturated heterocycles. The second-order valence-electron chi connectivity index (χ2n) is 3.63. The molecule has 0 aliphatic heterocycles. The first-order valence-electron chi connectivity index (χ1n) is 4.88. The van der Waals surface area contributed by atoms with E-state index in [2.05, 4.69) is 11.9 Å². The van der Waals surface area contributed by atoms with E-state index in [-0.39, 0.29) is 12.5 Å². The Kier molecular flexibility index (Phi) is 4.38. The SMILES string of the molecule is C=C(C)NC(CC(=O)O)c1cccc(Cl)c1. The molecule has 3 nitrogen and oxygen atoms in total. The lowest BCUT2D eigenvalue weighted by molar-refractivity contribution is -0.137. The van der Waals surface area contributed by atoms with E-state index in [0.717, 1.165) is 11.3 Å². The number of aliphatic carboxylic acids is 1. The largest absolute Gasteiger partial charge is 0.481 e. The number of nitrogens with one attached hydrogen (secondary N) is 1. The zero-order valence-electron chi connectivity index (χ0n) is 9.03. The molecule has 0 amide bonds. The average molecular weight is 240 g/mol. The number of carbonyl (C=O) groups is 1. The molecule has 1 aromatic rings. The molecule has 0 heterocycles. The lowest BCUT2D eigenvalue weighted by Gasteiger charge is -2.18. The topological polar surface area (TPSA) is 49.3 Å². The smallest absolute Gasteiger partial charge is 0.305 e. The van der Waals surface area contributed by atoms with E-state index in [1.807, 2.05) is 6.07 Å². The van der Waals surface area contributed by atoms with Crippen LogP contribution in [0.5, 0.6) is 0 Å². The van der Waals surface area contributed by atoms with E-state index in [0.29, 0.717) is 5.02 Å². The van der Waals surface area contributed by atoms with Gasteiger partial charge in [0.15, 0.2) is 0 Å². The zero-order valence-corrected chi connectivity index (χ0v) is 9.79. The Hall–Kier alpha value is -1.48. The first-order valence-corrected chi connectivity index (χ1v) is 5.26. The van der Waals surface area contributed by atoms with Gasteiger partial charge >= 0.3 is 5.97 Å². The number of carboxylic acid groups (broad SMARTS) is 1. The molecule has 16 heavy (non-hydrogen) atoms.